The van der Waals surface area contributed by atoms with Gasteiger partial charge in [-0.1, -0.05) is 11.6 Å². The van der Waals surface area contributed by atoms with E-state index in [9.17, 15) is 4.39 Å². The van der Waals surface area contributed by atoms with Crippen LogP contribution in [0.5, 0.6) is 0 Å². The Morgan fingerprint density at radius 1 is 1.64 bits per heavy atom. The van der Waals surface area contributed by atoms with Crippen molar-refractivity contribution >= 4 is 55.8 Å². The summed E-state index contributed by atoms with van der Waals surface area (Å²) in [6, 6.07) is 1.67. The van der Waals surface area contributed by atoms with Crippen LogP contribution in [0.25, 0.3) is 0 Å². The molecule has 0 fully saturated rings. The molecule has 0 unspecified atom stereocenters. The monoisotopic (exact) mass is 349 g/mol. The molecule has 0 amide bonds. The second-order valence-corrected chi connectivity index (χ2v) is 4.28. The van der Waals surface area contributed by atoms with Crippen LogP contribution in [0.15, 0.2) is 10.5 Å². The van der Waals surface area contributed by atoms with E-state index in [1.807, 2.05) is 22.6 Å². The Morgan fingerprint density at radius 3 is 2.73 bits per heavy atom. The zero-order valence-corrected chi connectivity index (χ0v) is 9.67. The van der Waals surface area contributed by atoms with Crippen molar-refractivity contribution in [3.8, 4) is 0 Å². The molecule has 1 nitrogen and oxygen atoms in total. The Balaban J connectivity index is 3.46. The number of nitrogens with two attached hydrogens (primary N) is 1. The highest BCUT2D eigenvalue weighted by atomic mass is 127. The second kappa shape index (κ2) is 3.45. The highest BCUT2D eigenvalue weighted by molar-refractivity contribution is 14.1. The van der Waals surface area contributed by atoms with Crippen molar-refractivity contribution < 1.29 is 4.39 Å². The zero-order valence-electron chi connectivity index (χ0n) is 5.17. The van der Waals surface area contributed by atoms with Gasteiger partial charge in [0.25, 0.3) is 0 Å². The summed E-state index contributed by atoms with van der Waals surface area (Å²) < 4.78 is 14.1. The number of nitrogen functional groups attached to an aromatic ring is 1. The third-order valence-electron chi connectivity index (χ3n) is 1.15. The van der Waals surface area contributed by atoms with Gasteiger partial charge in [0, 0.05) is 8.04 Å². The lowest BCUT2D eigenvalue weighted by atomic mass is 10.3. The average molecular weight is 350 g/mol. The minimum absolute atomic E-state index is 0.0513. The molecule has 1 rings (SSSR count). The standard InChI is InChI=1S/C6H3BrClFIN/c7-2-1-3(10)4(8)5(9)6(2)11/h1H,11H2. The lowest BCUT2D eigenvalue weighted by molar-refractivity contribution is 0.631. The highest BCUT2D eigenvalue weighted by Gasteiger charge is 2.11. The molecule has 0 aliphatic heterocycles. The summed E-state index contributed by atoms with van der Waals surface area (Å²) in [6.45, 7) is 0. The first-order chi connectivity index (χ1) is 5.04. The quantitative estimate of drug-likeness (QED) is 0.330. The normalized spacial score (nSPS) is 10.2. The Bertz CT molecular complexity index is 279. The van der Waals surface area contributed by atoms with Crippen LogP contribution in [0.4, 0.5) is 10.1 Å². The van der Waals surface area contributed by atoms with Gasteiger partial charge in [0.05, 0.1) is 10.7 Å². The average Bonchev–Trinajstić information content (AvgIpc) is 1.97. The van der Waals surface area contributed by atoms with E-state index >= 15 is 0 Å². The zero-order chi connectivity index (χ0) is 8.59. The van der Waals surface area contributed by atoms with Gasteiger partial charge in [-0.25, -0.2) is 4.39 Å². The van der Waals surface area contributed by atoms with E-state index in [0.717, 1.165) is 0 Å². The molecular formula is C6H3BrClFIN. The number of benzene rings is 1. The Morgan fingerprint density at radius 2 is 2.18 bits per heavy atom. The van der Waals surface area contributed by atoms with Gasteiger partial charge in [-0.05, 0) is 44.6 Å². The summed E-state index contributed by atoms with van der Waals surface area (Å²) in [5.41, 5.74) is 5.39. The molecule has 1 aromatic rings. The van der Waals surface area contributed by atoms with Crippen molar-refractivity contribution in [3.05, 3.63) is 24.9 Å². The van der Waals surface area contributed by atoms with Crippen LogP contribution in [0, 0.1) is 9.39 Å². The van der Waals surface area contributed by atoms with Gasteiger partial charge >= 0.3 is 0 Å². The maximum Gasteiger partial charge on any atom is 0.166 e. The Kier molecular flexibility index (Phi) is 2.99. The first-order valence-corrected chi connectivity index (χ1v) is 4.87. The largest absolute Gasteiger partial charge is 0.395 e. The fourth-order valence-electron chi connectivity index (χ4n) is 0.580. The smallest absolute Gasteiger partial charge is 0.166 e. The summed E-state index contributed by atoms with van der Waals surface area (Å²) in [4.78, 5) is 0. The first kappa shape index (κ1) is 9.54. The topological polar surface area (TPSA) is 26.0 Å². The molecule has 11 heavy (non-hydrogen) atoms. The Labute approximate surface area is 90.4 Å². The first-order valence-electron chi connectivity index (χ1n) is 2.62. The minimum Gasteiger partial charge on any atom is -0.395 e. The number of halogens is 4. The van der Waals surface area contributed by atoms with E-state index in [-0.39, 0.29) is 10.7 Å². The molecular weight excluding hydrogens is 347 g/mol. The molecule has 0 heterocycles. The maximum absolute atomic E-state index is 13.0. The van der Waals surface area contributed by atoms with Gasteiger partial charge in [-0.3, -0.25) is 0 Å². The maximum atomic E-state index is 13.0. The fourth-order valence-corrected chi connectivity index (χ4v) is 2.12. The highest BCUT2D eigenvalue weighted by Crippen LogP contribution is 2.32. The van der Waals surface area contributed by atoms with Crippen LogP contribution in [-0.4, -0.2) is 0 Å². The second-order valence-electron chi connectivity index (χ2n) is 1.88. The summed E-state index contributed by atoms with van der Waals surface area (Å²) in [7, 11) is 0. The number of anilines is 1. The van der Waals surface area contributed by atoms with Gasteiger partial charge in [-0.15, -0.1) is 0 Å². The van der Waals surface area contributed by atoms with Gasteiger partial charge in [0.2, 0.25) is 0 Å². The lowest BCUT2D eigenvalue weighted by Gasteiger charge is -2.03. The van der Waals surface area contributed by atoms with E-state index in [2.05, 4.69) is 15.9 Å². The number of hydrogen-bond acceptors (Lipinski definition) is 1. The number of hydrogen-bond donors (Lipinski definition) is 1. The molecule has 0 radical (unpaired) electrons. The summed E-state index contributed by atoms with van der Waals surface area (Å²) in [5, 5.41) is 0.0753. The third-order valence-corrected chi connectivity index (χ3v) is 3.34. The SMILES string of the molecule is Nc1c(Br)cc(I)c(Cl)c1F. The Hall–Kier alpha value is 0.450. The van der Waals surface area contributed by atoms with Gasteiger partial charge < -0.3 is 5.73 Å². The third kappa shape index (κ3) is 1.78. The van der Waals surface area contributed by atoms with Crippen LogP contribution in [-0.2, 0) is 0 Å². The molecule has 1 aromatic carbocycles. The van der Waals surface area contributed by atoms with Crippen LogP contribution in [0.1, 0.15) is 0 Å². The van der Waals surface area contributed by atoms with Crippen molar-refractivity contribution in [2.45, 2.75) is 0 Å². The molecule has 0 spiro atoms. The molecule has 0 aromatic heterocycles. The lowest BCUT2D eigenvalue weighted by Crippen LogP contribution is -1.94. The predicted molar refractivity (Wildman–Crippen MR) is 56.2 cm³/mol. The summed E-state index contributed by atoms with van der Waals surface area (Å²) in [6.07, 6.45) is 0. The molecule has 2 N–H and O–H groups in total. The van der Waals surface area contributed by atoms with Gasteiger partial charge in [0.15, 0.2) is 5.82 Å². The number of rotatable bonds is 0. The van der Waals surface area contributed by atoms with Crippen LogP contribution < -0.4 is 5.73 Å². The summed E-state index contributed by atoms with van der Waals surface area (Å²) in [5.74, 6) is -0.564. The molecule has 0 aliphatic rings. The van der Waals surface area contributed by atoms with Gasteiger partial charge in [0.1, 0.15) is 0 Å². The molecule has 0 atom stereocenters. The fraction of sp³-hybridized carbons (Fsp3) is 0. The molecule has 5 heteroatoms. The molecule has 60 valence electrons. The van der Waals surface area contributed by atoms with E-state index in [4.69, 9.17) is 17.3 Å². The van der Waals surface area contributed by atoms with E-state index in [1.165, 1.54) is 0 Å². The van der Waals surface area contributed by atoms with E-state index in [1.54, 1.807) is 6.07 Å². The van der Waals surface area contributed by atoms with Crippen molar-refractivity contribution in [2.24, 2.45) is 0 Å². The molecule has 0 saturated heterocycles. The molecule has 0 aliphatic carbocycles. The van der Waals surface area contributed by atoms with Crippen LogP contribution in [0.3, 0.4) is 0 Å². The molecule has 0 saturated carbocycles. The van der Waals surface area contributed by atoms with Crippen molar-refractivity contribution in [1.29, 1.82) is 0 Å². The van der Waals surface area contributed by atoms with E-state index < -0.39 is 5.82 Å². The van der Waals surface area contributed by atoms with Gasteiger partial charge in [-0.2, -0.15) is 0 Å². The minimum atomic E-state index is -0.564. The van der Waals surface area contributed by atoms with Crippen LogP contribution in [0.2, 0.25) is 5.02 Å². The van der Waals surface area contributed by atoms with E-state index in [0.29, 0.717) is 8.04 Å². The van der Waals surface area contributed by atoms with Crippen molar-refractivity contribution in [3.63, 3.8) is 0 Å². The molecule has 0 bridgehead atoms. The summed E-state index contributed by atoms with van der Waals surface area (Å²) >= 11 is 10.6. The van der Waals surface area contributed by atoms with Crippen LogP contribution >= 0.6 is 50.1 Å². The van der Waals surface area contributed by atoms with Crippen molar-refractivity contribution in [2.75, 3.05) is 5.73 Å². The van der Waals surface area contributed by atoms with Crippen molar-refractivity contribution in [1.82, 2.24) is 0 Å². The predicted octanol–water partition coefficient (Wildman–Crippen LogP) is 3.43.